The van der Waals surface area contributed by atoms with Crippen LogP contribution in [0.15, 0.2) is 10.7 Å². The van der Waals surface area contributed by atoms with Crippen LogP contribution >= 0.6 is 15.9 Å². The van der Waals surface area contributed by atoms with Crippen molar-refractivity contribution in [3.63, 3.8) is 0 Å². The molecule has 0 fully saturated rings. The van der Waals surface area contributed by atoms with Crippen LogP contribution in [0.1, 0.15) is 47.4 Å². The van der Waals surface area contributed by atoms with Crippen molar-refractivity contribution in [1.29, 1.82) is 0 Å². The highest BCUT2D eigenvalue weighted by Crippen LogP contribution is 2.26. The molecule has 7 heteroatoms. The predicted molar refractivity (Wildman–Crippen MR) is 95.6 cm³/mol. The molecule has 2 N–H and O–H groups in total. The van der Waals surface area contributed by atoms with Gasteiger partial charge >= 0.3 is 6.09 Å². The molecule has 1 amide bonds. The van der Waals surface area contributed by atoms with Gasteiger partial charge in [0.15, 0.2) is 0 Å². The highest BCUT2D eigenvalue weighted by atomic mass is 79.9. The summed E-state index contributed by atoms with van der Waals surface area (Å²) < 4.78 is 6.07. The van der Waals surface area contributed by atoms with Gasteiger partial charge in [0.25, 0.3) is 0 Å². The minimum atomic E-state index is -0.512. The molecule has 0 saturated heterocycles. The van der Waals surface area contributed by atoms with E-state index in [9.17, 15) is 4.79 Å². The van der Waals surface area contributed by atoms with Crippen molar-refractivity contribution in [2.75, 3.05) is 11.9 Å². The Morgan fingerprint density at radius 2 is 1.91 bits per heavy atom. The first-order chi connectivity index (χ1) is 10.4. The summed E-state index contributed by atoms with van der Waals surface area (Å²) in [6.45, 7) is 14.1. The topological polar surface area (TPSA) is 76.1 Å². The first-order valence-electron chi connectivity index (χ1n) is 7.61. The van der Waals surface area contributed by atoms with Crippen LogP contribution in [0.5, 0.6) is 0 Å². The number of nitrogens with one attached hydrogen (secondary N) is 2. The second-order valence-corrected chi connectivity index (χ2v) is 8.41. The van der Waals surface area contributed by atoms with Crippen LogP contribution in [0.4, 0.5) is 10.6 Å². The maximum Gasteiger partial charge on any atom is 0.407 e. The van der Waals surface area contributed by atoms with Gasteiger partial charge in [0.2, 0.25) is 0 Å². The minimum absolute atomic E-state index is 0.0272. The number of hydrogen-bond acceptors (Lipinski definition) is 5. The molecule has 1 heterocycles. The van der Waals surface area contributed by atoms with Crippen LogP contribution in [0, 0.1) is 12.3 Å². The molecule has 0 aliphatic heterocycles. The first-order valence-corrected chi connectivity index (χ1v) is 8.40. The zero-order valence-electron chi connectivity index (χ0n) is 15.0. The van der Waals surface area contributed by atoms with Crippen LogP contribution in [-0.4, -0.2) is 34.2 Å². The molecule has 0 spiro atoms. The second-order valence-electron chi connectivity index (χ2n) is 7.56. The van der Waals surface area contributed by atoms with E-state index in [2.05, 4.69) is 57.3 Å². The van der Waals surface area contributed by atoms with Gasteiger partial charge in [0.1, 0.15) is 17.2 Å². The molecule has 0 aliphatic rings. The highest BCUT2D eigenvalue weighted by molar-refractivity contribution is 9.10. The molecular weight excluding hydrogens is 360 g/mol. The van der Waals surface area contributed by atoms with E-state index in [1.807, 2.05) is 27.7 Å². The van der Waals surface area contributed by atoms with Gasteiger partial charge < -0.3 is 15.4 Å². The normalized spacial score (nSPS) is 13.4. The molecule has 1 unspecified atom stereocenters. The molecule has 23 heavy (non-hydrogen) atoms. The number of carbonyl (C=O) groups excluding carboxylic acids is 1. The van der Waals surface area contributed by atoms with Crippen LogP contribution in [-0.2, 0) is 4.74 Å². The minimum Gasteiger partial charge on any atom is -0.444 e. The molecule has 0 aromatic carbocycles. The first kappa shape index (κ1) is 19.7. The number of nitrogens with zero attached hydrogens (tertiary/aromatic N) is 2. The summed E-state index contributed by atoms with van der Waals surface area (Å²) in [5.41, 5.74) is -0.602. The molecule has 1 aromatic rings. The van der Waals surface area contributed by atoms with Gasteiger partial charge in [-0.1, -0.05) is 20.8 Å². The summed E-state index contributed by atoms with van der Waals surface area (Å²) in [5.74, 6) is 1.40. The standard InChI is InChI=1S/C16H27BrN4O2/c1-10-18-8-11(17)13(20-10)21-12(15(2,3)4)9-19-14(22)23-16(5,6)7/h8,12H,9H2,1-7H3,(H,19,22)(H,18,20,21). The van der Waals surface area contributed by atoms with Gasteiger partial charge in [-0.15, -0.1) is 0 Å². The van der Waals surface area contributed by atoms with E-state index in [0.29, 0.717) is 18.2 Å². The quantitative estimate of drug-likeness (QED) is 0.820. The molecule has 0 radical (unpaired) electrons. The Balaban J connectivity index is 2.78. The smallest absolute Gasteiger partial charge is 0.407 e. The fourth-order valence-electron chi connectivity index (χ4n) is 1.79. The van der Waals surface area contributed by atoms with Gasteiger partial charge in [0.05, 0.1) is 4.47 Å². The SMILES string of the molecule is Cc1ncc(Br)c(NC(CNC(=O)OC(C)(C)C)C(C)(C)C)n1. The van der Waals surface area contributed by atoms with Gasteiger partial charge in [-0.25, -0.2) is 14.8 Å². The van der Waals surface area contributed by atoms with Crippen molar-refractivity contribution >= 4 is 27.8 Å². The third kappa shape index (κ3) is 7.16. The Morgan fingerprint density at radius 1 is 1.30 bits per heavy atom. The zero-order valence-corrected chi connectivity index (χ0v) is 16.5. The number of aryl methyl sites for hydroxylation is 1. The van der Waals surface area contributed by atoms with Gasteiger partial charge in [-0.3, -0.25) is 0 Å². The third-order valence-electron chi connectivity index (χ3n) is 3.07. The summed E-state index contributed by atoms with van der Waals surface area (Å²) in [5, 5.41) is 6.20. The molecule has 1 atom stereocenters. The van der Waals surface area contributed by atoms with Crippen molar-refractivity contribution in [3.8, 4) is 0 Å². The fraction of sp³-hybridized carbons (Fsp3) is 0.688. The number of rotatable bonds is 4. The Kier molecular flexibility index (Phi) is 6.39. The van der Waals surface area contributed by atoms with E-state index in [0.717, 1.165) is 4.47 Å². The predicted octanol–water partition coefficient (Wildman–Crippen LogP) is 3.90. The van der Waals surface area contributed by atoms with Crippen LogP contribution < -0.4 is 10.6 Å². The van der Waals surface area contributed by atoms with Crippen LogP contribution in [0.2, 0.25) is 0 Å². The lowest BCUT2D eigenvalue weighted by Crippen LogP contribution is -2.45. The number of ether oxygens (including phenoxy) is 1. The molecule has 0 aliphatic carbocycles. The number of halogens is 1. The lowest BCUT2D eigenvalue weighted by molar-refractivity contribution is 0.0520. The van der Waals surface area contributed by atoms with E-state index in [-0.39, 0.29) is 11.5 Å². The molecule has 0 saturated carbocycles. The summed E-state index contributed by atoms with van der Waals surface area (Å²) in [6, 6.07) is -0.0272. The summed E-state index contributed by atoms with van der Waals surface area (Å²) in [7, 11) is 0. The number of carbonyl (C=O) groups is 1. The maximum absolute atomic E-state index is 11.9. The fourth-order valence-corrected chi connectivity index (χ4v) is 2.10. The van der Waals surface area contributed by atoms with Crippen molar-refractivity contribution < 1.29 is 9.53 Å². The zero-order chi connectivity index (χ0) is 17.8. The Hall–Kier alpha value is -1.37. The Labute approximate surface area is 146 Å². The summed E-state index contributed by atoms with van der Waals surface area (Å²) in [4.78, 5) is 20.4. The Bertz CT molecular complexity index is 550. The van der Waals surface area contributed by atoms with Crippen molar-refractivity contribution in [3.05, 3.63) is 16.5 Å². The molecule has 1 rings (SSSR count). The summed E-state index contributed by atoms with van der Waals surface area (Å²) >= 11 is 3.45. The van der Waals surface area contributed by atoms with E-state index < -0.39 is 11.7 Å². The largest absolute Gasteiger partial charge is 0.444 e. The molecule has 0 bridgehead atoms. The van der Waals surface area contributed by atoms with Gasteiger partial charge in [-0.2, -0.15) is 0 Å². The monoisotopic (exact) mass is 386 g/mol. The molecule has 130 valence electrons. The van der Waals surface area contributed by atoms with Crippen LogP contribution in [0.3, 0.4) is 0 Å². The van der Waals surface area contributed by atoms with E-state index in [1.54, 1.807) is 6.20 Å². The molecule has 1 aromatic heterocycles. The number of aromatic nitrogens is 2. The molecular formula is C16H27BrN4O2. The van der Waals surface area contributed by atoms with Crippen molar-refractivity contribution in [2.45, 2.75) is 60.1 Å². The lowest BCUT2D eigenvalue weighted by atomic mass is 9.86. The number of alkyl carbamates (subject to hydrolysis) is 1. The second kappa shape index (κ2) is 7.47. The maximum atomic E-state index is 11.9. The number of anilines is 1. The van der Waals surface area contributed by atoms with Crippen LogP contribution in [0.25, 0.3) is 0 Å². The van der Waals surface area contributed by atoms with Crippen molar-refractivity contribution in [2.24, 2.45) is 5.41 Å². The van der Waals surface area contributed by atoms with Crippen molar-refractivity contribution in [1.82, 2.24) is 15.3 Å². The van der Waals surface area contributed by atoms with E-state index in [1.165, 1.54) is 0 Å². The third-order valence-corrected chi connectivity index (χ3v) is 3.65. The number of amides is 1. The molecule has 6 nitrogen and oxygen atoms in total. The van der Waals surface area contributed by atoms with Gasteiger partial charge in [0, 0.05) is 18.8 Å². The van der Waals surface area contributed by atoms with E-state index in [4.69, 9.17) is 4.74 Å². The Morgan fingerprint density at radius 3 is 2.43 bits per heavy atom. The highest BCUT2D eigenvalue weighted by Gasteiger charge is 2.27. The lowest BCUT2D eigenvalue weighted by Gasteiger charge is -2.32. The average Bonchev–Trinajstić information content (AvgIpc) is 2.34. The summed E-state index contributed by atoms with van der Waals surface area (Å²) in [6.07, 6.45) is 1.29. The number of hydrogen-bond donors (Lipinski definition) is 2. The van der Waals surface area contributed by atoms with E-state index >= 15 is 0 Å². The van der Waals surface area contributed by atoms with Gasteiger partial charge in [-0.05, 0) is 49.0 Å². The average molecular weight is 387 g/mol.